The molecule has 0 aromatic carbocycles. The molecule has 0 saturated heterocycles. The fourth-order valence-electron chi connectivity index (χ4n) is 2.34. The van der Waals surface area contributed by atoms with E-state index in [2.05, 4.69) is 17.1 Å². The fourth-order valence-corrected chi connectivity index (χ4v) is 2.34. The van der Waals surface area contributed by atoms with Gasteiger partial charge in [-0.25, -0.2) is 0 Å². The molecule has 1 unspecified atom stereocenters. The Balaban J connectivity index is 2.48. The molecule has 0 bridgehead atoms. The zero-order valence-corrected chi connectivity index (χ0v) is 11.9. The van der Waals surface area contributed by atoms with Gasteiger partial charge < -0.3 is 10.5 Å². The predicted molar refractivity (Wildman–Crippen MR) is 73.1 cm³/mol. The van der Waals surface area contributed by atoms with Gasteiger partial charge in [-0.05, 0) is 13.3 Å². The maximum absolute atomic E-state index is 6.41. The van der Waals surface area contributed by atoms with Crippen LogP contribution in [0.3, 0.4) is 0 Å². The Labute approximate surface area is 113 Å². The Bertz CT molecular complexity index is 536. The van der Waals surface area contributed by atoms with Crippen LogP contribution in [0.1, 0.15) is 36.8 Å². The fraction of sp³-hybridized carbons (Fsp3) is 0.538. The molecule has 0 aliphatic rings. The Morgan fingerprint density at radius 3 is 2.74 bits per heavy atom. The summed E-state index contributed by atoms with van der Waals surface area (Å²) in [5.74, 6) is 0.722. The molecule has 2 rings (SSSR count). The summed E-state index contributed by atoms with van der Waals surface area (Å²) in [6, 6.07) is -0.277. The van der Waals surface area contributed by atoms with E-state index in [-0.39, 0.29) is 6.04 Å². The van der Waals surface area contributed by atoms with Gasteiger partial charge in [0.05, 0.1) is 25.0 Å². The highest BCUT2D eigenvalue weighted by Gasteiger charge is 2.23. The number of aromatic nitrogens is 4. The third kappa shape index (κ3) is 2.35. The molecule has 2 N–H and O–H groups in total. The molecule has 2 aromatic rings. The first-order valence-electron chi connectivity index (χ1n) is 6.50. The Morgan fingerprint density at radius 2 is 2.16 bits per heavy atom. The third-order valence-corrected chi connectivity index (χ3v) is 3.27. The maximum Gasteiger partial charge on any atom is 0.161 e. The topological polar surface area (TPSA) is 70.9 Å². The van der Waals surface area contributed by atoms with E-state index in [1.807, 2.05) is 24.9 Å². The minimum Gasteiger partial charge on any atom is -0.493 e. The number of hydrogen-bond donors (Lipinski definition) is 1. The summed E-state index contributed by atoms with van der Waals surface area (Å²) >= 11 is 0. The van der Waals surface area contributed by atoms with Crippen molar-refractivity contribution in [2.45, 2.75) is 32.9 Å². The minimum atomic E-state index is -0.277. The number of aryl methyl sites for hydroxylation is 3. The number of nitrogens with zero attached hydrogens (tertiary/aromatic N) is 4. The Hall–Kier alpha value is -1.82. The van der Waals surface area contributed by atoms with Crippen molar-refractivity contribution in [3.05, 3.63) is 29.3 Å². The molecule has 0 spiro atoms. The van der Waals surface area contributed by atoms with Crippen molar-refractivity contribution >= 4 is 0 Å². The summed E-state index contributed by atoms with van der Waals surface area (Å²) in [5, 5.41) is 8.74. The summed E-state index contributed by atoms with van der Waals surface area (Å²) < 4.78 is 9.03. The van der Waals surface area contributed by atoms with Crippen LogP contribution in [-0.2, 0) is 20.0 Å². The molecule has 0 radical (unpaired) electrons. The first-order chi connectivity index (χ1) is 9.12. The van der Waals surface area contributed by atoms with E-state index < -0.39 is 0 Å². The van der Waals surface area contributed by atoms with Crippen LogP contribution in [0.15, 0.2) is 12.4 Å². The number of ether oxygens (including phenoxy) is 1. The second kappa shape index (κ2) is 5.44. The summed E-state index contributed by atoms with van der Waals surface area (Å²) in [7, 11) is 3.54. The quantitative estimate of drug-likeness (QED) is 0.881. The van der Waals surface area contributed by atoms with Gasteiger partial charge in [-0.15, -0.1) is 0 Å². The van der Waals surface area contributed by atoms with Crippen LogP contribution in [-0.4, -0.2) is 26.7 Å². The first-order valence-corrected chi connectivity index (χ1v) is 6.50. The molecule has 0 amide bonds. The van der Waals surface area contributed by atoms with Crippen molar-refractivity contribution in [3.8, 4) is 5.75 Å². The summed E-state index contributed by atoms with van der Waals surface area (Å²) in [5.41, 5.74) is 9.35. The van der Waals surface area contributed by atoms with Crippen LogP contribution in [0.4, 0.5) is 0 Å². The summed E-state index contributed by atoms with van der Waals surface area (Å²) in [6.07, 6.45) is 4.53. The molecular weight excluding hydrogens is 242 g/mol. The van der Waals surface area contributed by atoms with Gasteiger partial charge in [0.25, 0.3) is 0 Å². The molecule has 6 nitrogen and oxygen atoms in total. The highest BCUT2D eigenvalue weighted by Crippen LogP contribution is 2.29. The molecule has 2 heterocycles. The lowest BCUT2D eigenvalue weighted by molar-refractivity contribution is 0.404. The lowest BCUT2D eigenvalue weighted by Gasteiger charge is -2.15. The second-order valence-electron chi connectivity index (χ2n) is 4.45. The van der Waals surface area contributed by atoms with Crippen LogP contribution >= 0.6 is 0 Å². The highest BCUT2D eigenvalue weighted by atomic mass is 16.5. The largest absolute Gasteiger partial charge is 0.493 e. The smallest absolute Gasteiger partial charge is 0.161 e. The van der Waals surface area contributed by atoms with Gasteiger partial charge in [-0.2, -0.15) is 10.2 Å². The van der Waals surface area contributed by atoms with E-state index in [0.29, 0.717) is 0 Å². The molecule has 1 atom stereocenters. The second-order valence-corrected chi connectivity index (χ2v) is 4.45. The standard InChI is InChI=1S/C13H21N5O/c1-5-10-9(8-17(3)16-10)12(14)13-11(19-4)7-15-18(13)6-2/h7-8,12H,5-6,14H2,1-4H3. The SMILES string of the molecule is CCc1nn(C)cc1C(N)c1c(OC)cnn1CC. The first kappa shape index (κ1) is 13.6. The minimum absolute atomic E-state index is 0.277. The van der Waals surface area contributed by atoms with Gasteiger partial charge in [-0.3, -0.25) is 9.36 Å². The van der Waals surface area contributed by atoms with Crippen LogP contribution in [0.2, 0.25) is 0 Å². The monoisotopic (exact) mass is 263 g/mol. The van der Waals surface area contributed by atoms with Crippen LogP contribution in [0.25, 0.3) is 0 Å². The van der Waals surface area contributed by atoms with Gasteiger partial charge in [-0.1, -0.05) is 6.92 Å². The van der Waals surface area contributed by atoms with E-state index in [0.717, 1.165) is 35.7 Å². The molecule has 0 saturated carbocycles. The van der Waals surface area contributed by atoms with Crippen molar-refractivity contribution in [1.82, 2.24) is 19.6 Å². The van der Waals surface area contributed by atoms with E-state index in [9.17, 15) is 0 Å². The van der Waals surface area contributed by atoms with E-state index in [1.54, 1.807) is 18.0 Å². The lowest BCUT2D eigenvalue weighted by Crippen LogP contribution is -2.18. The van der Waals surface area contributed by atoms with E-state index in [1.165, 1.54) is 0 Å². The Morgan fingerprint density at radius 1 is 1.42 bits per heavy atom. The van der Waals surface area contributed by atoms with Gasteiger partial charge in [0, 0.05) is 25.4 Å². The molecule has 0 aliphatic heterocycles. The molecule has 104 valence electrons. The van der Waals surface area contributed by atoms with Crippen LogP contribution < -0.4 is 10.5 Å². The number of hydrogen-bond acceptors (Lipinski definition) is 4. The number of methoxy groups -OCH3 is 1. The molecule has 0 aliphatic carbocycles. The molecule has 19 heavy (non-hydrogen) atoms. The van der Waals surface area contributed by atoms with Crippen molar-refractivity contribution in [2.24, 2.45) is 12.8 Å². The van der Waals surface area contributed by atoms with Crippen LogP contribution in [0.5, 0.6) is 5.75 Å². The normalized spacial score (nSPS) is 12.7. The van der Waals surface area contributed by atoms with Crippen LogP contribution in [0, 0.1) is 0 Å². The van der Waals surface area contributed by atoms with E-state index >= 15 is 0 Å². The summed E-state index contributed by atoms with van der Waals surface area (Å²) in [4.78, 5) is 0. The van der Waals surface area contributed by atoms with Crippen molar-refractivity contribution < 1.29 is 4.74 Å². The Kier molecular flexibility index (Phi) is 3.90. The molecular formula is C13H21N5O. The van der Waals surface area contributed by atoms with Gasteiger partial charge in [0.1, 0.15) is 5.69 Å². The average Bonchev–Trinajstić information content (AvgIpc) is 3.00. The zero-order chi connectivity index (χ0) is 14.0. The maximum atomic E-state index is 6.41. The van der Waals surface area contributed by atoms with Gasteiger partial charge in [0.2, 0.25) is 0 Å². The third-order valence-electron chi connectivity index (χ3n) is 3.27. The average molecular weight is 263 g/mol. The highest BCUT2D eigenvalue weighted by molar-refractivity contribution is 5.37. The predicted octanol–water partition coefficient (Wildman–Crippen LogP) is 1.26. The van der Waals surface area contributed by atoms with Crippen molar-refractivity contribution in [2.75, 3.05) is 7.11 Å². The van der Waals surface area contributed by atoms with Crippen molar-refractivity contribution in [1.29, 1.82) is 0 Å². The number of nitrogens with two attached hydrogens (primary N) is 1. The lowest BCUT2D eigenvalue weighted by atomic mass is 10.0. The van der Waals surface area contributed by atoms with Gasteiger partial charge >= 0.3 is 0 Å². The number of rotatable bonds is 5. The van der Waals surface area contributed by atoms with E-state index in [4.69, 9.17) is 10.5 Å². The summed E-state index contributed by atoms with van der Waals surface area (Å²) in [6.45, 7) is 4.87. The molecule has 0 fully saturated rings. The molecule has 6 heteroatoms. The molecule has 2 aromatic heterocycles. The van der Waals surface area contributed by atoms with Crippen molar-refractivity contribution in [3.63, 3.8) is 0 Å². The zero-order valence-electron chi connectivity index (χ0n) is 11.9. The van der Waals surface area contributed by atoms with Gasteiger partial charge in [0.15, 0.2) is 5.75 Å².